The molecule has 20 heavy (non-hydrogen) atoms. The fourth-order valence-corrected chi connectivity index (χ4v) is 2.84. The van der Waals surface area contributed by atoms with Crippen LogP contribution >= 0.6 is 0 Å². The highest BCUT2D eigenvalue weighted by molar-refractivity contribution is 5.92. The van der Waals surface area contributed by atoms with Crippen LogP contribution in [0.5, 0.6) is 0 Å². The van der Waals surface area contributed by atoms with Crippen molar-refractivity contribution < 1.29 is 9.18 Å². The Morgan fingerprint density at radius 1 is 1.40 bits per heavy atom. The summed E-state index contributed by atoms with van der Waals surface area (Å²) in [6, 6.07) is 5.47. The number of amides is 1. The molecule has 1 saturated carbocycles. The van der Waals surface area contributed by atoms with E-state index in [-0.39, 0.29) is 5.82 Å². The summed E-state index contributed by atoms with van der Waals surface area (Å²) in [5.41, 5.74) is 6.08. The van der Waals surface area contributed by atoms with E-state index in [9.17, 15) is 9.18 Å². The molecule has 2 aliphatic rings. The van der Waals surface area contributed by atoms with E-state index >= 15 is 0 Å². The number of benzene rings is 1. The monoisotopic (exact) mass is 277 g/mol. The van der Waals surface area contributed by atoms with Crippen molar-refractivity contribution in [1.82, 2.24) is 10.2 Å². The molecule has 3 N–H and O–H groups in total. The number of hydrogen-bond donors (Lipinski definition) is 2. The lowest BCUT2D eigenvalue weighted by Crippen LogP contribution is -2.33. The fraction of sp³-hybridized carbons (Fsp3) is 0.533. The molecule has 1 aromatic rings. The van der Waals surface area contributed by atoms with Gasteiger partial charge in [-0.25, -0.2) is 4.39 Å². The normalized spacial score (nSPS) is 23.1. The minimum atomic E-state index is -0.521. The molecule has 1 unspecified atom stereocenters. The molecule has 4 nitrogen and oxygen atoms in total. The standard InChI is InChI=1S/C15H20FN3O/c16-14-4-1-10(15(17)20)7-11(14)8-18-12-5-6-19(9-12)13-2-3-13/h1,4,7,12-13,18H,2-3,5-6,8-9H2,(H2,17,20). The minimum absolute atomic E-state index is 0.292. The number of primary amides is 1. The molecule has 1 heterocycles. The van der Waals surface area contributed by atoms with Gasteiger partial charge < -0.3 is 11.1 Å². The third kappa shape index (κ3) is 2.99. The first-order valence-corrected chi connectivity index (χ1v) is 7.19. The maximum atomic E-state index is 13.7. The van der Waals surface area contributed by atoms with E-state index in [0.717, 1.165) is 25.6 Å². The third-order valence-electron chi connectivity index (χ3n) is 4.19. The van der Waals surface area contributed by atoms with E-state index in [1.807, 2.05) is 0 Å². The molecule has 1 aliphatic carbocycles. The summed E-state index contributed by atoms with van der Waals surface area (Å²) < 4.78 is 13.7. The minimum Gasteiger partial charge on any atom is -0.366 e. The van der Waals surface area contributed by atoms with Crippen molar-refractivity contribution in [2.24, 2.45) is 5.73 Å². The number of carbonyl (C=O) groups is 1. The molecule has 1 amide bonds. The van der Waals surface area contributed by atoms with Gasteiger partial charge in [0.1, 0.15) is 5.82 Å². The van der Waals surface area contributed by atoms with Gasteiger partial charge in [-0.1, -0.05) is 0 Å². The fourth-order valence-electron chi connectivity index (χ4n) is 2.84. The predicted octanol–water partition coefficient (Wildman–Crippen LogP) is 1.25. The lowest BCUT2D eigenvalue weighted by Gasteiger charge is -2.16. The Morgan fingerprint density at radius 2 is 2.20 bits per heavy atom. The number of nitrogens with one attached hydrogen (secondary N) is 1. The van der Waals surface area contributed by atoms with Gasteiger partial charge in [-0.2, -0.15) is 0 Å². The van der Waals surface area contributed by atoms with Crippen molar-refractivity contribution in [3.8, 4) is 0 Å². The number of nitrogens with two attached hydrogens (primary N) is 1. The molecule has 0 aromatic heterocycles. The largest absolute Gasteiger partial charge is 0.366 e. The maximum Gasteiger partial charge on any atom is 0.248 e. The van der Waals surface area contributed by atoms with Gasteiger partial charge in [0.15, 0.2) is 0 Å². The van der Waals surface area contributed by atoms with Crippen LogP contribution in [-0.4, -0.2) is 36.0 Å². The van der Waals surface area contributed by atoms with Crippen LogP contribution in [0.15, 0.2) is 18.2 Å². The Kier molecular flexibility index (Phi) is 3.72. The highest BCUT2D eigenvalue weighted by atomic mass is 19.1. The molecule has 2 fully saturated rings. The number of nitrogens with zero attached hydrogens (tertiary/aromatic N) is 1. The molecule has 108 valence electrons. The van der Waals surface area contributed by atoms with E-state index in [2.05, 4.69) is 10.2 Å². The van der Waals surface area contributed by atoms with Crippen LogP contribution in [0.3, 0.4) is 0 Å². The molecule has 0 bridgehead atoms. The zero-order valence-electron chi connectivity index (χ0n) is 11.4. The van der Waals surface area contributed by atoms with Crippen LogP contribution in [0.25, 0.3) is 0 Å². The van der Waals surface area contributed by atoms with Crippen molar-refractivity contribution in [3.63, 3.8) is 0 Å². The quantitative estimate of drug-likeness (QED) is 0.851. The van der Waals surface area contributed by atoms with Crippen LogP contribution < -0.4 is 11.1 Å². The lowest BCUT2D eigenvalue weighted by molar-refractivity contribution is 0.1000. The van der Waals surface area contributed by atoms with E-state index in [4.69, 9.17) is 5.73 Å². The number of carbonyl (C=O) groups excluding carboxylic acids is 1. The van der Waals surface area contributed by atoms with Crippen LogP contribution in [0.1, 0.15) is 35.2 Å². The molecule has 1 aliphatic heterocycles. The van der Waals surface area contributed by atoms with Crippen molar-refractivity contribution in [3.05, 3.63) is 35.1 Å². The number of halogens is 1. The van der Waals surface area contributed by atoms with Crippen molar-refractivity contribution >= 4 is 5.91 Å². The number of likely N-dealkylation sites (tertiary alicyclic amines) is 1. The Bertz CT molecular complexity index is 516. The molecule has 1 saturated heterocycles. The lowest BCUT2D eigenvalue weighted by atomic mass is 10.1. The van der Waals surface area contributed by atoms with E-state index in [0.29, 0.717) is 23.7 Å². The van der Waals surface area contributed by atoms with Gasteiger partial charge in [0, 0.05) is 42.8 Å². The molecule has 3 rings (SSSR count). The average molecular weight is 277 g/mol. The second kappa shape index (κ2) is 5.50. The van der Waals surface area contributed by atoms with Crippen molar-refractivity contribution in [2.75, 3.05) is 13.1 Å². The first-order chi connectivity index (χ1) is 9.63. The SMILES string of the molecule is NC(=O)c1ccc(F)c(CNC2CCN(C3CC3)C2)c1. The van der Waals surface area contributed by atoms with Crippen LogP contribution in [0, 0.1) is 5.82 Å². The summed E-state index contributed by atoms with van der Waals surface area (Å²) in [7, 11) is 0. The van der Waals surface area contributed by atoms with Gasteiger partial charge in [0.2, 0.25) is 5.91 Å². The zero-order chi connectivity index (χ0) is 14.1. The Balaban J connectivity index is 1.57. The van der Waals surface area contributed by atoms with Gasteiger partial charge in [-0.3, -0.25) is 9.69 Å². The Labute approximate surface area is 118 Å². The summed E-state index contributed by atoms with van der Waals surface area (Å²) >= 11 is 0. The molecular formula is C15H20FN3O. The molecule has 1 atom stereocenters. The van der Waals surface area contributed by atoms with Crippen molar-refractivity contribution in [2.45, 2.75) is 37.9 Å². The summed E-state index contributed by atoms with van der Waals surface area (Å²) in [6.07, 6.45) is 3.75. The average Bonchev–Trinajstić information content (AvgIpc) is 3.17. The molecule has 0 radical (unpaired) electrons. The maximum absolute atomic E-state index is 13.7. The van der Waals surface area contributed by atoms with Crippen molar-refractivity contribution in [1.29, 1.82) is 0 Å². The number of rotatable bonds is 5. The summed E-state index contributed by atoms with van der Waals surface area (Å²) in [4.78, 5) is 13.6. The van der Waals surface area contributed by atoms with Gasteiger partial charge in [-0.15, -0.1) is 0 Å². The first kappa shape index (κ1) is 13.5. The molecule has 1 aromatic carbocycles. The summed E-state index contributed by atoms with van der Waals surface area (Å²) in [5, 5.41) is 3.38. The molecular weight excluding hydrogens is 257 g/mol. The highest BCUT2D eigenvalue weighted by Crippen LogP contribution is 2.29. The summed E-state index contributed by atoms with van der Waals surface area (Å²) in [5.74, 6) is -0.813. The summed E-state index contributed by atoms with van der Waals surface area (Å²) in [6.45, 7) is 2.62. The molecule has 0 spiro atoms. The zero-order valence-corrected chi connectivity index (χ0v) is 11.4. The van der Waals surface area contributed by atoms with E-state index < -0.39 is 5.91 Å². The van der Waals surface area contributed by atoms with E-state index in [1.54, 1.807) is 0 Å². The number of hydrogen-bond acceptors (Lipinski definition) is 3. The van der Waals surface area contributed by atoms with E-state index in [1.165, 1.54) is 31.0 Å². The predicted molar refractivity (Wildman–Crippen MR) is 74.8 cm³/mol. The van der Waals surface area contributed by atoms with Crippen LogP contribution in [0.2, 0.25) is 0 Å². The molecule has 5 heteroatoms. The van der Waals surface area contributed by atoms with Gasteiger partial charge in [0.25, 0.3) is 0 Å². The van der Waals surface area contributed by atoms with Gasteiger partial charge in [0.05, 0.1) is 0 Å². The van der Waals surface area contributed by atoms with Gasteiger partial charge >= 0.3 is 0 Å². The van der Waals surface area contributed by atoms with Crippen LogP contribution in [0.4, 0.5) is 4.39 Å². The van der Waals surface area contributed by atoms with Gasteiger partial charge in [-0.05, 0) is 37.5 Å². The second-order valence-electron chi connectivity index (χ2n) is 5.76. The highest BCUT2D eigenvalue weighted by Gasteiger charge is 2.34. The smallest absolute Gasteiger partial charge is 0.248 e. The Morgan fingerprint density at radius 3 is 2.90 bits per heavy atom. The first-order valence-electron chi connectivity index (χ1n) is 7.19. The third-order valence-corrected chi connectivity index (χ3v) is 4.19. The van der Waals surface area contributed by atoms with Crippen LogP contribution in [-0.2, 0) is 6.54 Å². The Hall–Kier alpha value is -1.46. The topological polar surface area (TPSA) is 58.4 Å². The second-order valence-corrected chi connectivity index (χ2v) is 5.76.